The summed E-state index contributed by atoms with van der Waals surface area (Å²) in [5, 5.41) is 10.3. The largest absolute Gasteiger partial charge is 0.474 e. The number of nitrogens with two attached hydrogens (primary N) is 1. The standard InChI is InChI=1S/C6H12N2O3/c7-3-1-2-4-8-5(9)6(10)11/h1-4,7H2,(H,8,9)(H,10,11). The van der Waals surface area contributed by atoms with Crippen molar-refractivity contribution in [1.82, 2.24) is 5.32 Å². The number of hydrogen-bond acceptors (Lipinski definition) is 3. The first-order valence-corrected chi connectivity index (χ1v) is 3.39. The van der Waals surface area contributed by atoms with E-state index in [2.05, 4.69) is 5.32 Å². The maximum atomic E-state index is 10.4. The second-order valence-corrected chi connectivity index (χ2v) is 2.06. The molecule has 5 nitrogen and oxygen atoms in total. The molecule has 0 spiro atoms. The summed E-state index contributed by atoms with van der Waals surface area (Å²) in [6, 6.07) is 0. The van der Waals surface area contributed by atoms with Gasteiger partial charge in [0.1, 0.15) is 0 Å². The van der Waals surface area contributed by atoms with Crippen LogP contribution in [-0.2, 0) is 9.59 Å². The Morgan fingerprint density at radius 1 is 1.36 bits per heavy atom. The molecule has 0 aliphatic rings. The number of carboxylic acid groups (broad SMARTS) is 1. The highest BCUT2D eigenvalue weighted by Gasteiger charge is 2.08. The Labute approximate surface area is 64.6 Å². The van der Waals surface area contributed by atoms with Gasteiger partial charge in [-0.05, 0) is 19.4 Å². The van der Waals surface area contributed by atoms with Crippen LogP contribution < -0.4 is 11.1 Å². The molecule has 0 atom stereocenters. The third kappa shape index (κ3) is 5.35. The molecule has 0 aromatic rings. The van der Waals surface area contributed by atoms with Crippen LogP contribution in [0.5, 0.6) is 0 Å². The summed E-state index contributed by atoms with van der Waals surface area (Å²) in [7, 11) is 0. The van der Waals surface area contributed by atoms with Gasteiger partial charge in [-0.2, -0.15) is 0 Å². The first kappa shape index (κ1) is 9.90. The number of rotatable bonds is 4. The third-order valence-electron chi connectivity index (χ3n) is 1.11. The predicted octanol–water partition coefficient (Wildman–Crippen LogP) is -1.07. The van der Waals surface area contributed by atoms with Crippen LogP contribution >= 0.6 is 0 Å². The number of hydrogen-bond donors (Lipinski definition) is 3. The van der Waals surface area contributed by atoms with Crippen molar-refractivity contribution in [3.63, 3.8) is 0 Å². The second-order valence-electron chi connectivity index (χ2n) is 2.06. The lowest BCUT2D eigenvalue weighted by atomic mass is 10.3. The molecule has 0 saturated carbocycles. The van der Waals surface area contributed by atoms with Crippen molar-refractivity contribution < 1.29 is 14.7 Å². The number of carboxylic acids is 1. The molecule has 0 saturated heterocycles. The van der Waals surface area contributed by atoms with Crippen molar-refractivity contribution in [3.05, 3.63) is 0 Å². The molecule has 0 heterocycles. The quantitative estimate of drug-likeness (QED) is 0.360. The summed E-state index contributed by atoms with van der Waals surface area (Å²) < 4.78 is 0. The minimum atomic E-state index is -1.45. The fourth-order valence-corrected chi connectivity index (χ4v) is 0.547. The molecule has 0 unspecified atom stereocenters. The number of aliphatic carboxylic acids is 1. The van der Waals surface area contributed by atoms with Gasteiger partial charge in [0.2, 0.25) is 0 Å². The molecule has 0 aromatic carbocycles. The highest BCUT2D eigenvalue weighted by atomic mass is 16.4. The van der Waals surface area contributed by atoms with E-state index in [0.29, 0.717) is 13.1 Å². The molecule has 0 aliphatic carbocycles. The molecule has 0 rings (SSSR count). The van der Waals surface area contributed by atoms with E-state index in [1.54, 1.807) is 0 Å². The fraction of sp³-hybridized carbons (Fsp3) is 0.667. The molecular weight excluding hydrogens is 148 g/mol. The molecule has 0 bridgehead atoms. The number of unbranched alkanes of at least 4 members (excludes halogenated alkanes) is 1. The molecule has 0 aromatic heterocycles. The Morgan fingerprint density at radius 3 is 2.45 bits per heavy atom. The average Bonchev–Trinajstić information content (AvgIpc) is 1.97. The van der Waals surface area contributed by atoms with E-state index in [4.69, 9.17) is 10.8 Å². The van der Waals surface area contributed by atoms with Crippen molar-refractivity contribution in [2.45, 2.75) is 12.8 Å². The van der Waals surface area contributed by atoms with E-state index in [9.17, 15) is 9.59 Å². The highest BCUT2D eigenvalue weighted by Crippen LogP contribution is 1.81. The van der Waals surface area contributed by atoms with Crippen LogP contribution in [0.25, 0.3) is 0 Å². The van der Waals surface area contributed by atoms with Gasteiger partial charge in [0.15, 0.2) is 0 Å². The maximum Gasteiger partial charge on any atom is 0.394 e. The van der Waals surface area contributed by atoms with Gasteiger partial charge in [-0.1, -0.05) is 0 Å². The SMILES string of the molecule is NCCCCNC(=O)C(=O)O. The van der Waals surface area contributed by atoms with Crippen LogP contribution in [0.3, 0.4) is 0 Å². The van der Waals surface area contributed by atoms with Gasteiger partial charge < -0.3 is 16.2 Å². The monoisotopic (exact) mass is 160 g/mol. The lowest BCUT2D eigenvalue weighted by Gasteiger charge is -1.99. The minimum Gasteiger partial charge on any atom is -0.474 e. The van der Waals surface area contributed by atoms with Crippen LogP contribution in [0.4, 0.5) is 0 Å². The molecule has 0 aliphatic heterocycles. The van der Waals surface area contributed by atoms with Crippen molar-refractivity contribution in [3.8, 4) is 0 Å². The Morgan fingerprint density at radius 2 is 2.00 bits per heavy atom. The van der Waals surface area contributed by atoms with Crippen molar-refractivity contribution in [2.75, 3.05) is 13.1 Å². The molecule has 0 radical (unpaired) electrons. The fourth-order valence-electron chi connectivity index (χ4n) is 0.547. The van der Waals surface area contributed by atoms with Gasteiger partial charge in [0.05, 0.1) is 0 Å². The summed E-state index contributed by atoms with van der Waals surface area (Å²) in [6.07, 6.45) is 1.51. The van der Waals surface area contributed by atoms with Crippen LogP contribution in [0.2, 0.25) is 0 Å². The first-order valence-electron chi connectivity index (χ1n) is 3.39. The topological polar surface area (TPSA) is 92.4 Å². The van der Waals surface area contributed by atoms with E-state index < -0.39 is 11.9 Å². The predicted molar refractivity (Wildman–Crippen MR) is 38.9 cm³/mol. The summed E-state index contributed by atoms with van der Waals surface area (Å²) in [4.78, 5) is 20.3. The van der Waals surface area contributed by atoms with Crippen LogP contribution in [0, 0.1) is 0 Å². The normalized spacial score (nSPS) is 9.18. The van der Waals surface area contributed by atoms with Gasteiger partial charge in [0.25, 0.3) is 0 Å². The highest BCUT2D eigenvalue weighted by molar-refractivity contribution is 6.31. The zero-order chi connectivity index (χ0) is 8.69. The van der Waals surface area contributed by atoms with Crippen molar-refractivity contribution >= 4 is 11.9 Å². The smallest absolute Gasteiger partial charge is 0.394 e. The lowest BCUT2D eigenvalue weighted by molar-refractivity contribution is -0.150. The number of carbonyl (C=O) groups is 2. The Hall–Kier alpha value is -1.10. The number of carbonyl (C=O) groups excluding carboxylic acids is 1. The van der Waals surface area contributed by atoms with Gasteiger partial charge in [-0.3, -0.25) is 4.79 Å². The number of nitrogens with one attached hydrogen (secondary N) is 1. The second kappa shape index (κ2) is 5.67. The molecule has 5 heteroatoms. The molecular formula is C6H12N2O3. The number of amides is 1. The van der Waals surface area contributed by atoms with Gasteiger partial charge in [0, 0.05) is 6.54 Å². The van der Waals surface area contributed by atoms with Gasteiger partial charge >= 0.3 is 11.9 Å². The van der Waals surface area contributed by atoms with Crippen LogP contribution in [0.1, 0.15) is 12.8 Å². The minimum absolute atomic E-state index is 0.377. The summed E-state index contributed by atoms with van der Waals surface area (Å²) in [5.41, 5.74) is 5.18. The van der Waals surface area contributed by atoms with E-state index in [-0.39, 0.29) is 0 Å². The summed E-state index contributed by atoms with van der Waals surface area (Å²) in [6.45, 7) is 0.936. The summed E-state index contributed by atoms with van der Waals surface area (Å²) in [5.74, 6) is -2.40. The average molecular weight is 160 g/mol. The van der Waals surface area contributed by atoms with Gasteiger partial charge in [-0.25, -0.2) is 4.79 Å². The molecule has 11 heavy (non-hydrogen) atoms. The van der Waals surface area contributed by atoms with E-state index in [1.807, 2.05) is 0 Å². The zero-order valence-electron chi connectivity index (χ0n) is 6.17. The summed E-state index contributed by atoms with van der Waals surface area (Å²) >= 11 is 0. The molecule has 64 valence electrons. The Bertz CT molecular complexity index is 147. The van der Waals surface area contributed by atoms with Gasteiger partial charge in [-0.15, -0.1) is 0 Å². The molecule has 0 fully saturated rings. The van der Waals surface area contributed by atoms with E-state index in [1.165, 1.54) is 0 Å². The van der Waals surface area contributed by atoms with Crippen molar-refractivity contribution in [1.29, 1.82) is 0 Å². The third-order valence-corrected chi connectivity index (χ3v) is 1.11. The van der Waals surface area contributed by atoms with E-state index >= 15 is 0 Å². The maximum absolute atomic E-state index is 10.4. The van der Waals surface area contributed by atoms with Crippen LogP contribution in [-0.4, -0.2) is 30.1 Å². The Balaban J connectivity index is 3.25. The Kier molecular flexibility index (Phi) is 5.10. The van der Waals surface area contributed by atoms with Crippen LogP contribution in [0.15, 0.2) is 0 Å². The zero-order valence-corrected chi connectivity index (χ0v) is 6.17. The molecule has 1 amide bonds. The van der Waals surface area contributed by atoms with Crippen molar-refractivity contribution in [2.24, 2.45) is 5.73 Å². The molecule has 4 N–H and O–H groups in total. The first-order chi connectivity index (χ1) is 5.18. The lowest BCUT2D eigenvalue weighted by Crippen LogP contribution is -2.31. The van der Waals surface area contributed by atoms with E-state index in [0.717, 1.165) is 12.8 Å².